The van der Waals surface area contributed by atoms with Gasteiger partial charge in [-0.2, -0.15) is 0 Å². The third kappa shape index (κ3) is 3.67. The van der Waals surface area contributed by atoms with Gasteiger partial charge in [0, 0.05) is 21.1 Å². The van der Waals surface area contributed by atoms with Crippen LogP contribution in [0.2, 0.25) is 0 Å². The summed E-state index contributed by atoms with van der Waals surface area (Å²) in [5.41, 5.74) is 5.20. The number of pyridine rings is 1. The van der Waals surface area contributed by atoms with Gasteiger partial charge >= 0.3 is 0 Å². The van der Waals surface area contributed by atoms with Crippen molar-refractivity contribution in [3.8, 4) is 11.1 Å². The van der Waals surface area contributed by atoms with Crippen molar-refractivity contribution in [3.63, 3.8) is 0 Å². The third-order valence-corrected chi connectivity index (χ3v) is 5.15. The molecule has 0 aliphatic carbocycles. The summed E-state index contributed by atoms with van der Waals surface area (Å²) >= 11 is 3.47. The number of allylic oxidation sites excluding steroid dienone is 1. The van der Waals surface area contributed by atoms with E-state index < -0.39 is 0 Å². The molecule has 0 aliphatic heterocycles. The van der Waals surface area contributed by atoms with Crippen LogP contribution in [0.3, 0.4) is 0 Å². The molecule has 0 radical (unpaired) electrons. The molecule has 28 heavy (non-hydrogen) atoms. The van der Waals surface area contributed by atoms with E-state index in [-0.39, 0.29) is 5.78 Å². The molecule has 0 spiro atoms. The Morgan fingerprint density at radius 2 is 1.68 bits per heavy atom. The van der Waals surface area contributed by atoms with Gasteiger partial charge in [-0.3, -0.25) is 9.78 Å². The summed E-state index contributed by atoms with van der Waals surface area (Å²) < 4.78 is 0.982. The number of carbonyl (C=O) groups excluding carboxylic acids is 1. The maximum Gasteiger partial charge on any atom is 0.188 e. The first-order chi connectivity index (χ1) is 13.6. The van der Waals surface area contributed by atoms with Crippen LogP contribution in [0.4, 0.5) is 0 Å². The van der Waals surface area contributed by atoms with E-state index in [1.807, 2.05) is 91.9 Å². The first-order valence-corrected chi connectivity index (χ1v) is 9.85. The van der Waals surface area contributed by atoms with Crippen molar-refractivity contribution in [2.24, 2.45) is 0 Å². The van der Waals surface area contributed by atoms with E-state index in [4.69, 9.17) is 0 Å². The number of nitrogens with zero attached hydrogens (tertiary/aromatic N) is 1. The average molecular weight is 428 g/mol. The van der Waals surface area contributed by atoms with Crippen molar-refractivity contribution >= 4 is 38.7 Å². The second-order valence-corrected chi connectivity index (χ2v) is 7.50. The van der Waals surface area contributed by atoms with Gasteiger partial charge in [-0.15, -0.1) is 0 Å². The van der Waals surface area contributed by atoms with Crippen LogP contribution in [0.1, 0.15) is 21.6 Å². The maximum absolute atomic E-state index is 13.2. The summed E-state index contributed by atoms with van der Waals surface area (Å²) in [4.78, 5) is 17.9. The van der Waals surface area contributed by atoms with Crippen molar-refractivity contribution in [3.05, 3.63) is 106 Å². The van der Waals surface area contributed by atoms with Crippen LogP contribution in [0.15, 0.2) is 89.4 Å². The highest BCUT2D eigenvalue weighted by atomic mass is 79.9. The number of aromatic nitrogens is 1. The van der Waals surface area contributed by atoms with Gasteiger partial charge in [0.25, 0.3) is 0 Å². The lowest BCUT2D eigenvalue weighted by atomic mass is 9.92. The van der Waals surface area contributed by atoms with Crippen molar-refractivity contribution in [1.29, 1.82) is 0 Å². The summed E-state index contributed by atoms with van der Waals surface area (Å²) in [6, 6.07) is 25.9. The topological polar surface area (TPSA) is 30.0 Å². The minimum absolute atomic E-state index is 0.0467. The predicted molar refractivity (Wildman–Crippen MR) is 119 cm³/mol. The second-order valence-electron chi connectivity index (χ2n) is 6.58. The molecule has 0 bridgehead atoms. The molecule has 0 unspecified atom stereocenters. The molecule has 4 aromatic rings. The number of ketones is 1. The molecule has 1 heterocycles. The van der Waals surface area contributed by atoms with Crippen LogP contribution in [0, 0.1) is 6.92 Å². The van der Waals surface area contributed by atoms with Crippen LogP contribution in [-0.2, 0) is 0 Å². The quantitative estimate of drug-likeness (QED) is 0.262. The van der Waals surface area contributed by atoms with E-state index in [1.54, 1.807) is 6.08 Å². The highest BCUT2D eigenvalue weighted by molar-refractivity contribution is 9.10. The monoisotopic (exact) mass is 427 g/mol. The summed E-state index contributed by atoms with van der Waals surface area (Å²) in [7, 11) is 0. The minimum Gasteiger partial charge on any atom is -0.289 e. The smallest absolute Gasteiger partial charge is 0.188 e. The molecule has 3 aromatic carbocycles. The Bertz CT molecular complexity index is 1200. The number of benzene rings is 3. The second kappa shape index (κ2) is 7.91. The molecular weight excluding hydrogens is 410 g/mol. The van der Waals surface area contributed by atoms with Crippen molar-refractivity contribution < 1.29 is 4.79 Å². The number of fused-ring (bicyclic) bond motifs is 1. The highest BCUT2D eigenvalue weighted by Crippen LogP contribution is 2.33. The molecule has 0 fully saturated rings. The van der Waals surface area contributed by atoms with Gasteiger partial charge in [-0.1, -0.05) is 82.7 Å². The number of hydrogen-bond acceptors (Lipinski definition) is 2. The van der Waals surface area contributed by atoms with Gasteiger partial charge in [0.05, 0.1) is 11.1 Å². The molecule has 136 valence electrons. The van der Waals surface area contributed by atoms with E-state index in [0.29, 0.717) is 5.56 Å². The minimum atomic E-state index is -0.0467. The molecule has 0 N–H and O–H groups in total. The number of halogens is 1. The maximum atomic E-state index is 13.2. The molecule has 3 heteroatoms. The molecular formula is C25H18BrNO. The van der Waals surface area contributed by atoms with E-state index in [2.05, 4.69) is 20.9 Å². The summed E-state index contributed by atoms with van der Waals surface area (Å²) in [5, 5.41) is 0.985. The lowest BCUT2D eigenvalue weighted by Crippen LogP contribution is -2.05. The van der Waals surface area contributed by atoms with Crippen LogP contribution in [-0.4, -0.2) is 10.8 Å². The fourth-order valence-corrected chi connectivity index (χ4v) is 3.82. The SMILES string of the molecule is Cc1nc2ccccc2c(-c2ccccc2)c1C(=O)/C=C/c1cccc(Br)c1. The normalized spacial score (nSPS) is 11.2. The predicted octanol–water partition coefficient (Wildman–Crippen LogP) is 6.87. The number of hydrogen-bond donors (Lipinski definition) is 0. The van der Waals surface area contributed by atoms with Crippen molar-refractivity contribution in [2.75, 3.05) is 0 Å². The van der Waals surface area contributed by atoms with E-state index in [1.165, 1.54) is 0 Å². The van der Waals surface area contributed by atoms with Crippen LogP contribution >= 0.6 is 15.9 Å². The number of carbonyl (C=O) groups is 1. The molecule has 2 nitrogen and oxygen atoms in total. The van der Waals surface area contributed by atoms with Crippen molar-refractivity contribution in [2.45, 2.75) is 6.92 Å². The molecule has 0 aliphatic rings. The Hall–Kier alpha value is -3.04. The Kier molecular flexibility index (Phi) is 5.18. The summed E-state index contributed by atoms with van der Waals surface area (Å²) in [6.45, 7) is 1.90. The molecule has 0 saturated carbocycles. The summed E-state index contributed by atoms with van der Waals surface area (Å²) in [6.07, 6.45) is 3.48. The zero-order valence-corrected chi connectivity index (χ0v) is 17.0. The van der Waals surface area contributed by atoms with Gasteiger partial charge in [0.2, 0.25) is 0 Å². The number of rotatable bonds is 4. The van der Waals surface area contributed by atoms with E-state index in [9.17, 15) is 4.79 Å². The number of aryl methyl sites for hydroxylation is 1. The Morgan fingerprint density at radius 3 is 2.46 bits per heavy atom. The standard InChI is InChI=1S/C25H18BrNO/c1-17-24(23(28)15-14-18-8-7-11-20(26)16-18)25(19-9-3-2-4-10-19)21-12-5-6-13-22(21)27-17/h2-16H,1H3/b15-14+. The Balaban J connectivity index is 1.88. The van der Waals surface area contributed by atoms with Crippen LogP contribution in [0.5, 0.6) is 0 Å². The fraction of sp³-hybridized carbons (Fsp3) is 0.0400. The van der Waals surface area contributed by atoms with Crippen LogP contribution < -0.4 is 0 Å². The fourth-order valence-electron chi connectivity index (χ4n) is 3.41. The van der Waals surface area contributed by atoms with Gasteiger partial charge in [0.1, 0.15) is 0 Å². The molecule has 0 amide bonds. The van der Waals surface area contributed by atoms with Gasteiger partial charge in [0.15, 0.2) is 5.78 Å². The number of para-hydroxylation sites is 1. The first-order valence-electron chi connectivity index (χ1n) is 9.06. The lowest BCUT2D eigenvalue weighted by molar-refractivity contribution is 0.104. The van der Waals surface area contributed by atoms with Crippen molar-refractivity contribution in [1.82, 2.24) is 4.98 Å². The molecule has 0 atom stereocenters. The van der Waals surface area contributed by atoms with Crippen LogP contribution in [0.25, 0.3) is 28.1 Å². The third-order valence-electron chi connectivity index (χ3n) is 4.66. The van der Waals surface area contributed by atoms with Gasteiger partial charge in [-0.05, 0) is 42.3 Å². The highest BCUT2D eigenvalue weighted by Gasteiger charge is 2.18. The van der Waals surface area contributed by atoms with E-state index in [0.717, 1.165) is 37.8 Å². The average Bonchev–Trinajstić information content (AvgIpc) is 2.71. The molecule has 1 aromatic heterocycles. The molecule has 4 rings (SSSR count). The Labute approximate surface area is 172 Å². The zero-order valence-electron chi connectivity index (χ0n) is 15.4. The Morgan fingerprint density at radius 1 is 0.929 bits per heavy atom. The largest absolute Gasteiger partial charge is 0.289 e. The van der Waals surface area contributed by atoms with Gasteiger partial charge < -0.3 is 0 Å². The van der Waals surface area contributed by atoms with Gasteiger partial charge in [-0.25, -0.2) is 0 Å². The zero-order chi connectivity index (χ0) is 19.5. The summed E-state index contributed by atoms with van der Waals surface area (Å²) in [5.74, 6) is -0.0467. The van der Waals surface area contributed by atoms with E-state index >= 15 is 0 Å². The lowest BCUT2D eigenvalue weighted by Gasteiger charge is -2.14. The first kappa shape index (κ1) is 18.3. The molecule has 0 saturated heterocycles.